The van der Waals surface area contributed by atoms with Crippen molar-refractivity contribution < 1.29 is 14.3 Å². The first-order valence-corrected chi connectivity index (χ1v) is 15.3. The Balaban J connectivity index is 1.67. The van der Waals surface area contributed by atoms with Gasteiger partial charge in [0.05, 0.1) is 35.9 Å². The standard InChI is InChI=1S/C33H34Cl2N8O4/c1-19(20-9-7-10-22(15-20)37-27(44)11-8-13-41(2)3)43-31-21(18-36-33(39-31)38-26-12-14-42(4)40-26)16-23(32(43)45)28-29(34)24(46-5)17-25(47-6)30(28)35/h7-12,14-19H,13H2,1-6H3,(H,37,44)(H,36,38,39,40)/b11-8+. The van der Waals surface area contributed by atoms with Crippen LogP contribution < -0.4 is 25.7 Å². The molecule has 0 radical (unpaired) electrons. The number of amides is 1. The molecule has 0 aliphatic rings. The maximum Gasteiger partial charge on any atom is 0.260 e. The monoisotopic (exact) mass is 676 g/mol. The Labute approximate surface area is 281 Å². The number of fused-ring (bicyclic) bond motifs is 1. The first-order valence-electron chi connectivity index (χ1n) is 14.5. The predicted molar refractivity (Wildman–Crippen MR) is 185 cm³/mol. The third-order valence-electron chi connectivity index (χ3n) is 7.33. The lowest BCUT2D eigenvalue weighted by molar-refractivity contribution is -0.111. The molecule has 0 fully saturated rings. The first-order chi connectivity index (χ1) is 22.5. The Morgan fingerprint density at radius 1 is 1.09 bits per heavy atom. The molecule has 0 saturated heterocycles. The van der Waals surface area contributed by atoms with Crippen LogP contribution in [0.4, 0.5) is 17.5 Å². The minimum Gasteiger partial charge on any atom is -0.495 e. The number of rotatable bonds is 11. The summed E-state index contributed by atoms with van der Waals surface area (Å²) in [5.74, 6) is 1.09. The Hall–Kier alpha value is -4.91. The van der Waals surface area contributed by atoms with E-state index in [4.69, 9.17) is 37.7 Å². The third-order valence-corrected chi connectivity index (χ3v) is 8.08. The van der Waals surface area contributed by atoms with Crippen molar-refractivity contribution in [2.24, 2.45) is 7.05 Å². The number of benzene rings is 2. The zero-order chi connectivity index (χ0) is 33.8. The van der Waals surface area contributed by atoms with Gasteiger partial charge in [-0.25, -0.2) is 4.98 Å². The van der Waals surface area contributed by atoms with Crippen LogP contribution in [0.15, 0.2) is 71.8 Å². The Bertz CT molecular complexity index is 2010. The van der Waals surface area contributed by atoms with Gasteiger partial charge in [0, 0.05) is 60.8 Å². The summed E-state index contributed by atoms with van der Waals surface area (Å²) >= 11 is 13.6. The number of anilines is 3. The predicted octanol–water partition coefficient (Wildman–Crippen LogP) is 5.93. The summed E-state index contributed by atoms with van der Waals surface area (Å²) in [5.41, 5.74) is 1.67. The van der Waals surface area contributed by atoms with E-state index >= 15 is 0 Å². The molecule has 5 aromatic rings. The van der Waals surface area contributed by atoms with Gasteiger partial charge >= 0.3 is 0 Å². The second kappa shape index (κ2) is 14.2. The van der Waals surface area contributed by atoms with E-state index in [1.807, 2.05) is 44.1 Å². The highest BCUT2D eigenvalue weighted by atomic mass is 35.5. The zero-order valence-electron chi connectivity index (χ0n) is 26.7. The fourth-order valence-electron chi connectivity index (χ4n) is 5.02. The minimum atomic E-state index is -0.575. The maximum atomic E-state index is 14.6. The van der Waals surface area contributed by atoms with E-state index in [0.717, 1.165) is 5.56 Å². The number of ether oxygens (including phenoxy) is 2. The summed E-state index contributed by atoms with van der Waals surface area (Å²) in [7, 11) is 8.57. The average Bonchev–Trinajstić information content (AvgIpc) is 3.45. The fraction of sp³-hybridized carbons (Fsp3) is 0.242. The second-order valence-electron chi connectivity index (χ2n) is 10.9. The summed E-state index contributed by atoms with van der Waals surface area (Å²) < 4.78 is 14.1. The lowest BCUT2D eigenvalue weighted by Gasteiger charge is -2.21. The largest absolute Gasteiger partial charge is 0.495 e. The lowest BCUT2D eigenvalue weighted by Crippen LogP contribution is -2.27. The summed E-state index contributed by atoms with van der Waals surface area (Å²) in [5, 5.41) is 11.2. The number of aryl methyl sites for hydroxylation is 1. The molecule has 244 valence electrons. The van der Waals surface area contributed by atoms with Gasteiger partial charge in [-0.05, 0) is 44.8 Å². The molecule has 12 nitrogen and oxygen atoms in total. The molecule has 5 rings (SSSR count). The number of methoxy groups -OCH3 is 2. The highest BCUT2D eigenvalue weighted by molar-refractivity contribution is 6.41. The van der Waals surface area contributed by atoms with Gasteiger partial charge in [-0.3, -0.25) is 18.8 Å². The quantitative estimate of drug-likeness (QED) is 0.164. The number of halogens is 2. The molecular weight excluding hydrogens is 643 g/mol. The second-order valence-corrected chi connectivity index (χ2v) is 11.7. The van der Waals surface area contributed by atoms with Gasteiger partial charge < -0.3 is 25.0 Å². The molecular formula is C33H34Cl2N8O4. The summed E-state index contributed by atoms with van der Waals surface area (Å²) in [6.45, 7) is 2.49. The van der Waals surface area contributed by atoms with Crippen molar-refractivity contribution in [3.8, 4) is 22.6 Å². The van der Waals surface area contributed by atoms with E-state index in [2.05, 4.69) is 20.7 Å². The van der Waals surface area contributed by atoms with Gasteiger partial charge in [0.25, 0.3) is 5.56 Å². The van der Waals surface area contributed by atoms with E-state index in [9.17, 15) is 9.59 Å². The first kappa shape index (κ1) is 33.5. The van der Waals surface area contributed by atoms with Crippen molar-refractivity contribution in [1.82, 2.24) is 29.2 Å². The van der Waals surface area contributed by atoms with Gasteiger partial charge in [0.15, 0.2) is 5.82 Å². The van der Waals surface area contributed by atoms with E-state index < -0.39 is 11.6 Å². The van der Waals surface area contributed by atoms with Crippen LogP contribution in [0.3, 0.4) is 0 Å². The zero-order valence-corrected chi connectivity index (χ0v) is 28.2. The molecule has 2 N–H and O–H groups in total. The number of aromatic nitrogens is 5. The Morgan fingerprint density at radius 2 is 1.81 bits per heavy atom. The fourth-order valence-corrected chi connectivity index (χ4v) is 5.72. The molecule has 3 aromatic heterocycles. The van der Waals surface area contributed by atoms with E-state index in [1.165, 1.54) is 20.3 Å². The number of carbonyl (C=O) groups excluding carboxylic acids is 1. The van der Waals surface area contributed by atoms with Gasteiger partial charge in [0.2, 0.25) is 11.9 Å². The van der Waals surface area contributed by atoms with Crippen molar-refractivity contribution >= 4 is 57.6 Å². The van der Waals surface area contributed by atoms with E-state index in [-0.39, 0.29) is 44.5 Å². The van der Waals surface area contributed by atoms with Crippen molar-refractivity contribution in [1.29, 1.82) is 0 Å². The minimum absolute atomic E-state index is 0.148. The van der Waals surface area contributed by atoms with Crippen molar-refractivity contribution in [2.45, 2.75) is 13.0 Å². The van der Waals surface area contributed by atoms with Gasteiger partial charge in [-0.2, -0.15) is 10.1 Å². The maximum absolute atomic E-state index is 14.6. The number of hydrogen-bond acceptors (Lipinski definition) is 9. The topological polar surface area (TPSA) is 128 Å². The van der Waals surface area contributed by atoms with Crippen LogP contribution in [0.2, 0.25) is 10.0 Å². The molecule has 47 heavy (non-hydrogen) atoms. The highest BCUT2D eigenvalue weighted by Crippen LogP contribution is 2.45. The number of nitrogens with one attached hydrogen (secondary N) is 2. The van der Waals surface area contributed by atoms with Crippen molar-refractivity contribution in [3.63, 3.8) is 0 Å². The summed E-state index contributed by atoms with van der Waals surface area (Å²) in [6, 6.07) is 11.7. The molecule has 0 spiro atoms. The van der Waals surface area contributed by atoms with Crippen LogP contribution >= 0.6 is 23.2 Å². The molecule has 3 heterocycles. The molecule has 0 aliphatic heterocycles. The molecule has 0 bridgehead atoms. The van der Waals surface area contributed by atoms with E-state index in [1.54, 1.807) is 59.0 Å². The molecule has 14 heteroatoms. The number of hydrogen-bond donors (Lipinski definition) is 2. The van der Waals surface area contributed by atoms with E-state index in [0.29, 0.717) is 29.1 Å². The highest BCUT2D eigenvalue weighted by Gasteiger charge is 2.25. The van der Waals surface area contributed by atoms with Crippen molar-refractivity contribution in [3.05, 3.63) is 93.0 Å². The summed E-state index contributed by atoms with van der Waals surface area (Å²) in [6.07, 6.45) is 6.66. The van der Waals surface area contributed by atoms with Crippen LogP contribution in [-0.2, 0) is 11.8 Å². The normalized spacial score (nSPS) is 12.1. The van der Waals surface area contributed by atoms with Gasteiger partial charge in [-0.1, -0.05) is 41.4 Å². The van der Waals surface area contributed by atoms with Crippen LogP contribution in [-0.4, -0.2) is 70.0 Å². The molecule has 2 aromatic carbocycles. The Morgan fingerprint density at radius 3 is 2.45 bits per heavy atom. The van der Waals surface area contributed by atoms with Crippen LogP contribution in [0.5, 0.6) is 11.5 Å². The van der Waals surface area contributed by atoms with Gasteiger partial charge in [-0.15, -0.1) is 0 Å². The lowest BCUT2D eigenvalue weighted by atomic mass is 10.0. The Kier molecular flexibility index (Phi) is 10.1. The van der Waals surface area contributed by atoms with Crippen molar-refractivity contribution in [2.75, 3.05) is 45.5 Å². The molecule has 0 aliphatic carbocycles. The summed E-state index contributed by atoms with van der Waals surface area (Å²) in [4.78, 5) is 38.4. The third kappa shape index (κ3) is 7.25. The smallest absolute Gasteiger partial charge is 0.260 e. The average molecular weight is 678 g/mol. The van der Waals surface area contributed by atoms with Crippen LogP contribution in [0.1, 0.15) is 18.5 Å². The number of nitrogens with zero attached hydrogens (tertiary/aromatic N) is 6. The number of likely N-dealkylation sites (N-methyl/N-ethyl adjacent to an activating group) is 1. The number of pyridine rings is 1. The molecule has 1 atom stereocenters. The van der Waals surface area contributed by atoms with Gasteiger partial charge in [0.1, 0.15) is 17.1 Å². The van der Waals surface area contributed by atoms with Crippen LogP contribution in [0.25, 0.3) is 22.2 Å². The SMILES string of the molecule is COc1cc(OC)c(Cl)c(-c2cc3cnc(Nc4ccn(C)n4)nc3n(C(C)c3cccc(NC(=O)/C=C/CN(C)C)c3)c2=O)c1Cl. The molecule has 1 unspecified atom stereocenters. The van der Waals surface area contributed by atoms with Crippen LogP contribution in [0, 0.1) is 0 Å². The molecule has 1 amide bonds. The molecule has 0 saturated carbocycles. The number of carbonyl (C=O) groups is 1.